The van der Waals surface area contributed by atoms with Crippen molar-refractivity contribution in [3.8, 4) is 0 Å². The van der Waals surface area contributed by atoms with Gasteiger partial charge in [-0.05, 0) is 42.0 Å². The molecule has 0 unspecified atom stereocenters. The molecule has 0 heterocycles. The second-order valence-corrected chi connectivity index (χ2v) is 7.48. The Morgan fingerprint density at radius 2 is 1.83 bits per heavy atom. The van der Waals surface area contributed by atoms with E-state index in [1.165, 1.54) is 24.3 Å². The molecular weight excluding hydrogens is 338 g/mol. The summed E-state index contributed by atoms with van der Waals surface area (Å²) < 4.78 is 24.3. The Bertz CT molecular complexity index is 788. The maximum absolute atomic E-state index is 12.1. The number of carbonyl (C=O) groups excluding carboxylic acids is 1. The molecule has 2 aromatic carbocycles. The lowest BCUT2D eigenvalue weighted by molar-refractivity contribution is -0.115. The van der Waals surface area contributed by atoms with E-state index >= 15 is 0 Å². The number of hydrogen-bond acceptors (Lipinski definition) is 4. The third kappa shape index (κ3) is 5.06. The van der Waals surface area contributed by atoms with E-state index in [2.05, 4.69) is 5.32 Å². The van der Waals surface area contributed by atoms with E-state index in [4.69, 9.17) is 16.7 Å². The Morgan fingerprint density at radius 1 is 1.13 bits per heavy atom. The van der Waals surface area contributed by atoms with E-state index in [0.29, 0.717) is 16.3 Å². The van der Waals surface area contributed by atoms with Gasteiger partial charge in [0, 0.05) is 17.1 Å². The van der Waals surface area contributed by atoms with Gasteiger partial charge in [-0.2, -0.15) is 0 Å². The number of benzene rings is 2. The fourth-order valence-electron chi connectivity index (χ4n) is 1.96. The molecule has 5 nitrogen and oxygen atoms in total. The zero-order valence-electron chi connectivity index (χ0n) is 12.2. The number of aliphatic hydroxyl groups excluding tert-OH is 1. The van der Waals surface area contributed by atoms with Crippen molar-refractivity contribution in [3.63, 3.8) is 0 Å². The lowest BCUT2D eigenvalue weighted by Gasteiger charge is -2.07. The molecule has 2 N–H and O–H groups in total. The molecule has 0 fully saturated rings. The van der Waals surface area contributed by atoms with E-state index < -0.39 is 15.7 Å². The topological polar surface area (TPSA) is 83.5 Å². The predicted molar refractivity (Wildman–Crippen MR) is 89.1 cm³/mol. The lowest BCUT2D eigenvalue weighted by atomic mass is 10.2. The molecule has 0 spiro atoms. The Labute approximate surface area is 139 Å². The van der Waals surface area contributed by atoms with Gasteiger partial charge < -0.3 is 10.4 Å². The van der Waals surface area contributed by atoms with Crippen molar-refractivity contribution in [1.29, 1.82) is 0 Å². The highest BCUT2D eigenvalue weighted by atomic mass is 35.5. The van der Waals surface area contributed by atoms with Gasteiger partial charge >= 0.3 is 0 Å². The lowest BCUT2D eigenvalue weighted by Crippen LogP contribution is -2.17. The number of carbonyl (C=O) groups is 1. The van der Waals surface area contributed by atoms with E-state index in [-0.39, 0.29) is 23.7 Å². The van der Waals surface area contributed by atoms with Crippen molar-refractivity contribution in [2.24, 2.45) is 0 Å². The second-order valence-electron chi connectivity index (χ2n) is 4.93. The summed E-state index contributed by atoms with van der Waals surface area (Å²) in [6.45, 7) is -0.130. The molecule has 0 aromatic heterocycles. The molecular formula is C16H16ClNO4S. The van der Waals surface area contributed by atoms with Gasteiger partial charge in [-0.25, -0.2) is 8.42 Å². The van der Waals surface area contributed by atoms with Crippen molar-refractivity contribution in [3.05, 3.63) is 59.1 Å². The number of rotatable bonds is 6. The van der Waals surface area contributed by atoms with Gasteiger partial charge in [0.2, 0.25) is 5.91 Å². The number of sulfone groups is 1. The average Bonchev–Trinajstić information content (AvgIpc) is 2.54. The maximum atomic E-state index is 12.1. The molecule has 0 atom stereocenters. The minimum absolute atomic E-state index is 0.130. The third-order valence-electron chi connectivity index (χ3n) is 3.16. The number of hydrogen-bond donors (Lipinski definition) is 2. The largest absolute Gasteiger partial charge is 0.392 e. The summed E-state index contributed by atoms with van der Waals surface area (Å²) in [6.07, 6.45) is -0.158. The van der Waals surface area contributed by atoms with Crippen LogP contribution in [-0.4, -0.2) is 25.2 Å². The molecule has 0 aliphatic carbocycles. The van der Waals surface area contributed by atoms with E-state index in [0.717, 1.165) is 0 Å². The summed E-state index contributed by atoms with van der Waals surface area (Å²) in [7, 11) is -3.54. The Kier molecular flexibility index (Phi) is 5.76. The molecule has 122 valence electrons. The van der Waals surface area contributed by atoms with Gasteiger partial charge in [-0.3, -0.25) is 4.79 Å². The summed E-state index contributed by atoms with van der Waals surface area (Å²) in [5.74, 6) is -0.696. The van der Waals surface area contributed by atoms with Gasteiger partial charge in [0.1, 0.15) is 0 Å². The third-order valence-corrected chi connectivity index (χ3v) is 5.15. The van der Waals surface area contributed by atoms with E-state index in [1.807, 2.05) is 0 Å². The Hall–Kier alpha value is -1.89. The second kappa shape index (κ2) is 7.59. The van der Waals surface area contributed by atoms with Crippen molar-refractivity contribution in [2.75, 3.05) is 11.1 Å². The first-order chi connectivity index (χ1) is 10.9. The highest BCUT2D eigenvalue weighted by molar-refractivity contribution is 7.91. The van der Waals surface area contributed by atoms with Crippen LogP contribution in [0.4, 0.5) is 5.69 Å². The highest BCUT2D eigenvalue weighted by Crippen LogP contribution is 2.16. The zero-order chi connectivity index (χ0) is 16.9. The van der Waals surface area contributed by atoms with Crippen LogP contribution in [0.25, 0.3) is 0 Å². The maximum Gasteiger partial charge on any atom is 0.225 e. The molecule has 0 aliphatic heterocycles. The Balaban J connectivity index is 1.96. The molecule has 2 aromatic rings. The van der Waals surface area contributed by atoms with Crippen LogP contribution in [-0.2, 0) is 21.2 Å². The fourth-order valence-corrected chi connectivity index (χ4v) is 3.32. The van der Waals surface area contributed by atoms with Crippen LogP contribution in [0.15, 0.2) is 53.4 Å². The minimum Gasteiger partial charge on any atom is -0.392 e. The predicted octanol–water partition coefficient (Wildman–Crippen LogP) is 2.63. The first-order valence-electron chi connectivity index (χ1n) is 6.89. The molecule has 0 saturated heterocycles. The molecule has 7 heteroatoms. The quantitative estimate of drug-likeness (QED) is 0.836. The number of aliphatic hydroxyl groups is 1. The molecule has 0 radical (unpaired) electrons. The normalized spacial score (nSPS) is 11.2. The van der Waals surface area contributed by atoms with Gasteiger partial charge in [0.15, 0.2) is 9.84 Å². The molecule has 0 aliphatic rings. The average molecular weight is 354 g/mol. The molecule has 1 amide bonds. The van der Waals surface area contributed by atoms with Crippen molar-refractivity contribution < 1.29 is 18.3 Å². The molecule has 0 bridgehead atoms. The van der Waals surface area contributed by atoms with Crippen LogP contribution in [0.1, 0.15) is 12.0 Å². The van der Waals surface area contributed by atoms with Crippen LogP contribution in [0, 0.1) is 0 Å². The number of amides is 1. The van der Waals surface area contributed by atoms with Crippen molar-refractivity contribution in [2.45, 2.75) is 17.9 Å². The zero-order valence-corrected chi connectivity index (χ0v) is 13.8. The van der Waals surface area contributed by atoms with Gasteiger partial charge in [-0.15, -0.1) is 0 Å². The van der Waals surface area contributed by atoms with Crippen LogP contribution in [0.2, 0.25) is 5.02 Å². The monoisotopic (exact) mass is 353 g/mol. The summed E-state index contributed by atoms with van der Waals surface area (Å²) in [5.41, 5.74) is 1.18. The highest BCUT2D eigenvalue weighted by Gasteiger charge is 2.16. The van der Waals surface area contributed by atoms with Gasteiger partial charge in [0.05, 0.1) is 17.3 Å². The van der Waals surface area contributed by atoms with Crippen molar-refractivity contribution >= 4 is 33.0 Å². The van der Waals surface area contributed by atoms with Crippen LogP contribution < -0.4 is 5.32 Å². The van der Waals surface area contributed by atoms with Crippen molar-refractivity contribution in [1.82, 2.24) is 0 Å². The number of nitrogens with one attached hydrogen (secondary N) is 1. The molecule has 2 rings (SSSR count). The summed E-state index contributed by atoms with van der Waals surface area (Å²) in [6, 6.07) is 12.5. The molecule has 0 saturated carbocycles. The standard InChI is InChI=1S/C16H16ClNO4S/c17-13-4-6-15(7-5-13)23(21,22)9-8-16(20)18-14-3-1-2-12(10-14)11-19/h1-7,10,19H,8-9,11H2,(H,18,20). The van der Waals surface area contributed by atoms with Gasteiger partial charge in [0.25, 0.3) is 0 Å². The number of anilines is 1. The Morgan fingerprint density at radius 3 is 2.48 bits per heavy atom. The van der Waals surface area contributed by atoms with Crippen LogP contribution in [0.5, 0.6) is 0 Å². The summed E-state index contributed by atoms with van der Waals surface area (Å²) >= 11 is 5.73. The van der Waals surface area contributed by atoms with Gasteiger partial charge in [-0.1, -0.05) is 23.7 Å². The van der Waals surface area contributed by atoms with E-state index in [9.17, 15) is 13.2 Å². The van der Waals surface area contributed by atoms with Crippen LogP contribution in [0.3, 0.4) is 0 Å². The first-order valence-corrected chi connectivity index (χ1v) is 8.92. The fraction of sp³-hybridized carbons (Fsp3) is 0.188. The SMILES string of the molecule is O=C(CCS(=O)(=O)c1ccc(Cl)cc1)Nc1cccc(CO)c1. The molecule has 23 heavy (non-hydrogen) atoms. The van der Waals surface area contributed by atoms with Crippen LogP contribution >= 0.6 is 11.6 Å². The summed E-state index contributed by atoms with van der Waals surface area (Å²) in [4.78, 5) is 12.0. The van der Waals surface area contributed by atoms with E-state index in [1.54, 1.807) is 24.3 Å². The smallest absolute Gasteiger partial charge is 0.225 e. The minimum atomic E-state index is -3.54. The number of halogens is 1. The first kappa shape index (κ1) is 17.5. The summed E-state index contributed by atoms with van der Waals surface area (Å²) in [5, 5.41) is 12.1.